The van der Waals surface area contributed by atoms with Crippen molar-refractivity contribution < 1.29 is 14.4 Å². The molecule has 2 rings (SSSR count). The minimum atomic E-state index is -0.348. The first-order valence-corrected chi connectivity index (χ1v) is 7.94. The molecule has 1 aromatic rings. The molecule has 1 aliphatic heterocycles. The van der Waals surface area contributed by atoms with E-state index in [1.807, 2.05) is 20.8 Å². The zero-order valence-corrected chi connectivity index (χ0v) is 13.5. The van der Waals surface area contributed by atoms with Crippen LogP contribution in [0.1, 0.15) is 31.1 Å². The van der Waals surface area contributed by atoms with Crippen molar-refractivity contribution in [2.75, 3.05) is 11.9 Å². The summed E-state index contributed by atoms with van der Waals surface area (Å²) in [6.45, 7) is 5.46. The Bertz CT molecular complexity index is 616. The van der Waals surface area contributed by atoms with Gasteiger partial charge < -0.3 is 16.0 Å². The minimum absolute atomic E-state index is 0.0300. The number of carbonyl (C=O) groups is 3. The van der Waals surface area contributed by atoms with Crippen molar-refractivity contribution >= 4 is 35.2 Å². The lowest BCUT2D eigenvalue weighted by Gasteiger charge is -2.21. The standard InChI is InChI=1S/C15H19N3O3S/c1-8(2)17-13(19)7-16-15(21)10-4-5-12-11(6-10)18-14(20)9(3)22-12/h4-6,8-9H,7H2,1-3H3,(H,16,21)(H,17,19)(H,18,20)/t9-/m0/s1. The van der Waals surface area contributed by atoms with Crippen LogP contribution in [-0.4, -0.2) is 35.6 Å². The molecule has 0 bridgehead atoms. The molecular weight excluding hydrogens is 302 g/mol. The van der Waals surface area contributed by atoms with E-state index in [1.165, 1.54) is 11.8 Å². The Labute approximate surface area is 133 Å². The first kappa shape index (κ1) is 16.4. The largest absolute Gasteiger partial charge is 0.352 e. The predicted molar refractivity (Wildman–Crippen MR) is 86.0 cm³/mol. The topological polar surface area (TPSA) is 87.3 Å². The summed E-state index contributed by atoms with van der Waals surface area (Å²) in [4.78, 5) is 36.2. The van der Waals surface area contributed by atoms with Gasteiger partial charge in [-0.2, -0.15) is 0 Å². The van der Waals surface area contributed by atoms with Crippen LogP contribution in [0.15, 0.2) is 23.1 Å². The van der Waals surface area contributed by atoms with Gasteiger partial charge in [0.2, 0.25) is 11.8 Å². The highest BCUT2D eigenvalue weighted by Gasteiger charge is 2.23. The Kier molecular flexibility index (Phi) is 5.07. The SMILES string of the molecule is CC(C)NC(=O)CNC(=O)c1ccc2c(c1)NC(=O)[C@H](C)S2. The smallest absolute Gasteiger partial charge is 0.251 e. The summed E-state index contributed by atoms with van der Waals surface area (Å²) in [5.74, 6) is -0.662. The molecule has 1 heterocycles. The molecule has 0 aliphatic carbocycles. The van der Waals surface area contributed by atoms with Crippen LogP contribution in [0.25, 0.3) is 0 Å². The number of rotatable bonds is 4. The van der Waals surface area contributed by atoms with Gasteiger partial charge in [-0.1, -0.05) is 0 Å². The Balaban J connectivity index is 2.01. The maximum absolute atomic E-state index is 12.1. The van der Waals surface area contributed by atoms with E-state index < -0.39 is 0 Å². The van der Waals surface area contributed by atoms with E-state index in [0.717, 1.165) is 4.90 Å². The van der Waals surface area contributed by atoms with Gasteiger partial charge in [-0.3, -0.25) is 14.4 Å². The van der Waals surface area contributed by atoms with E-state index >= 15 is 0 Å². The molecular formula is C15H19N3O3S. The number of anilines is 1. The molecule has 118 valence electrons. The molecule has 1 aromatic carbocycles. The molecule has 3 amide bonds. The number of carbonyl (C=O) groups excluding carboxylic acids is 3. The third-order valence-electron chi connectivity index (χ3n) is 3.03. The molecule has 0 saturated carbocycles. The first-order chi connectivity index (χ1) is 10.4. The number of thioether (sulfide) groups is 1. The summed E-state index contributed by atoms with van der Waals surface area (Å²) in [5.41, 5.74) is 1.04. The Hall–Kier alpha value is -2.02. The number of hydrogen-bond donors (Lipinski definition) is 3. The number of amides is 3. The zero-order valence-electron chi connectivity index (χ0n) is 12.7. The maximum Gasteiger partial charge on any atom is 0.251 e. The van der Waals surface area contributed by atoms with Gasteiger partial charge in [-0.25, -0.2) is 0 Å². The van der Waals surface area contributed by atoms with E-state index in [0.29, 0.717) is 11.3 Å². The summed E-state index contributed by atoms with van der Waals surface area (Å²) >= 11 is 1.46. The summed E-state index contributed by atoms with van der Waals surface area (Å²) in [5, 5.41) is 7.89. The van der Waals surface area contributed by atoms with Crippen LogP contribution in [-0.2, 0) is 9.59 Å². The van der Waals surface area contributed by atoms with Gasteiger partial charge in [-0.15, -0.1) is 11.8 Å². The van der Waals surface area contributed by atoms with Crippen molar-refractivity contribution in [3.8, 4) is 0 Å². The zero-order chi connectivity index (χ0) is 16.3. The van der Waals surface area contributed by atoms with Gasteiger partial charge in [0, 0.05) is 16.5 Å². The fraction of sp³-hybridized carbons (Fsp3) is 0.400. The molecule has 0 radical (unpaired) electrons. The molecule has 0 saturated heterocycles. The first-order valence-electron chi connectivity index (χ1n) is 7.06. The lowest BCUT2D eigenvalue weighted by molar-refractivity contribution is -0.120. The highest BCUT2D eigenvalue weighted by atomic mass is 32.2. The third kappa shape index (κ3) is 4.00. The number of fused-ring (bicyclic) bond motifs is 1. The minimum Gasteiger partial charge on any atom is -0.352 e. The molecule has 0 fully saturated rings. The quantitative estimate of drug-likeness (QED) is 0.782. The van der Waals surface area contributed by atoms with E-state index in [4.69, 9.17) is 0 Å². The monoisotopic (exact) mass is 321 g/mol. The van der Waals surface area contributed by atoms with Crippen molar-refractivity contribution in [3.63, 3.8) is 0 Å². The lowest BCUT2D eigenvalue weighted by atomic mass is 10.1. The molecule has 0 unspecified atom stereocenters. The van der Waals surface area contributed by atoms with Gasteiger partial charge >= 0.3 is 0 Å². The van der Waals surface area contributed by atoms with Crippen LogP contribution in [0.4, 0.5) is 5.69 Å². The van der Waals surface area contributed by atoms with Crippen molar-refractivity contribution in [1.82, 2.24) is 10.6 Å². The fourth-order valence-electron chi connectivity index (χ4n) is 1.99. The van der Waals surface area contributed by atoms with E-state index in [-0.39, 0.29) is 35.6 Å². The number of hydrogen-bond acceptors (Lipinski definition) is 4. The molecule has 3 N–H and O–H groups in total. The van der Waals surface area contributed by atoms with Gasteiger partial charge in [0.15, 0.2) is 0 Å². The van der Waals surface area contributed by atoms with Gasteiger partial charge in [0.25, 0.3) is 5.91 Å². The highest BCUT2D eigenvalue weighted by molar-refractivity contribution is 8.00. The average molecular weight is 321 g/mol. The molecule has 0 aromatic heterocycles. The van der Waals surface area contributed by atoms with Gasteiger partial charge in [0.1, 0.15) is 0 Å². The highest BCUT2D eigenvalue weighted by Crippen LogP contribution is 2.35. The third-order valence-corrected chi connectivity index (χ3v) is 4.21. The number of benzene rings is 1. The van der Waals surface area contributed by atoms with Crippen molar-refractivity contribution in [2.45, 2.75) is 37.0 Å². The molecule has 1 atom stereocenters. The Morgan fingerprint density at radius 1 is 1.36 bits per heavy atom. The second-order valence-corrected chi connectivity index (χ2v) is 6.75. The molecule has 6 nitrogen and oxygen atoms in total. The maximum atomic E-state index is 12.1. The van der Waals surface area contributed by atoms with E-state index in [9.17, 15) is 14.4 Å². The van der Waals surface area contributed by atoms with Crippen LogP contribution in [0.2, 0.25) is 0 Å². The molecule has 1 aliphatic rings. The number of nitrogens with one attached hydrogen (secondary N) is 3. The molecule has 7 heteroatoms. The van der Waals surface area contributed by atoms with Crippen molar-refractivity contribution in [3.05, 3.63) is 23.8 Å². The van der Waals surface area contributed by atoms with Crippen molar-refractivity contribution in [1.29, 1.82) is 0 Å². The second-order valence-electron chi connectivity index (χ2n) is 5.37. The van der Waals surface area contributed by atoms with Gasteiger partial charge in [-0.05, 0) is 39.0 Å². The van der Waals surface area contributed by atoms with Crippen molar-refractivity contribution in [2.24, 2.45) is 0 Å². The van der Waals surface area contributed by atoms with Crippen LogP contribution in [0.3, 0.4) is 0 Å². The lowest BCUT2D eigenvalue weighted by Crippen LogP contribution is -2.39. The summed E-state index contributed by atoms with van der Waals surface area (Å²) in [6.07, 6.45) is 0. The summed E-state index contributed by atoms with van der Waals surface area (Å²) in [6, 6.07) is 5.15. The second kappa shape index (κ2) is 6.83. The van der Waals surface area contributed by atoms with Gasteiger partial charge in [0.05, 0.1) is 17.5 Å². The fourth-order valence-corrected chi connectivity index (χ4v) is 2.92. The Morgan fingerprint density at radius 2 is 2.09 bits per heavy atom. The van der Waals surface area contributed by atoms with E-state index in [2.05, 4.69) is 16.0 Å². The molecule has 0 spiro atoms. The summed E-state index contributed by atoms with van der Waals surface area (Å²) < 4.78 is 0. The normalized spacial score (nSPS) is 16.7. The average Bonchev–Trinajstić information content (AvgIpc) is 2.45. The van der Waals surface area contributed by atoms with Crippen LogP contribution in [0.5, 0.6) is 0 Å². The van der Waals surface area contributed by atoms with Crippen LogP contribution >= 0.6 is 11.8 Å². The Morgan fingerprint density at radius 3 is 2.77 bits per heavy atom. The van der Waals surface area contributed by atoms with Crippen LogP contribution < -0.4 is 16.0 Å². The van der Waals surface area contributed by atoms with Crippen LogP contribution in [0, 0.1) is 0 Å². The summed E-state index contributed by atoms with van der Waals surface area (Å²) in [7, 11) is 0. The van der Waals surface area contributed by atoms with E-state index in [1.54, 1.807) is 18.2 Å². The molecule has 22 heavy (non-hydrogen) atoms. The predicted octanol–water partition coefficient (Wildman–Crippen LogP) is 1.37.